The molecule has 0 bridgehead atoms. The summed E-state index contributed by atoms with van der Waals surface area (Å²) in [6.45, 7) is 3.33. The van der Waals surface area contributed by atoms with Crippen molar-refractivity contribution in [3.8, 4) is 0 Å². The van der Waals surface area contributed by atoms with E-state index < -0.39 is 0 Å². The Labute approximate surface area is 93.4 Å². The Morgan fingerprint density at radius 1 is 1.44 bits per heavy atom. The van der Waals surface area contributed by atoms with Crippen molar-refractivity contribution >= 4 is 11.9 Å². The van der Waals surface area contributed by atoms with Crippen LogP contribution in [0.3, 0.4) is 0 Å². The second kappa shape index (κ2) is 3.73. The van der Waals surface area contributed by atoms with E-state index in [0.717, 1.165) is 17.0 Å². The van der Waals surface area contributed by atoms with E-state index in [4.69, 9.17) is 4.74 Å². The van der Waals surface area contributed by atoms with Gasteiger partial charge in [0.25, 0.3) is 0 Å². The van der Waals surface area contributed by atoms with Crippen LogP contribution in [0.25, 0.3) is 0 Å². The van der Waals surface area contributed by atoms with E-state index >= 15 is 0 Å². The Kier molecular flexibility index (Phi) is 2.53. The molecule has 1 aliphatic carbocycles. The molecule has 86 valence electrons. The van der Waals surface area contributed by atoms with Crippen LogP contribution in [0.15, 0.2) is 0 Å². The molecule has 1 unspecified atom stereocenters. The third-order valence-electron chi connectivity index (χ3n) is 3.01. The maximum Gasteiger partial charge on any atom is 0.309 e. The molecular formula is C11H14N2O3. The van der Waals surface area contributed by atoms with E-state index in [-0.39, 0.29) is 17.8 Å². The van der Waals surface area contributed by atoms with Crippen molar-refractivity contribution in [1.29, 1.82) is 0 Å². The average Bonchev–Trinajstić information content (AvgIpc) is 2.78. The fourth-order valence-electron chi connectivity index (χ4n) is 2.23. The number of fused-ring (bicyclic) bond motifs is 1. The zero-order valence-electron chi connectivity index (χ0n) is 9.61. The summed E-state index contributed by atoms with van der Waals surface area (Å²) < 4.78 is 6.12. The van der Waals surface area contributed by atoms with Gasteiger partial charge in [-0.2, -0.15) is 5.10 Å². The largest absolute Gasteiger partial charge is 0.469 e. The number of methoxy groups -OCH3 is 1. The third-order valence-corrected chi connectivity index (χ3v) is 3.01. The van der Waals surface area contributed by atoms with Crippen LogP contribution in [0, 0.1) is 12.8 Å². The molecule has 0 amide bonds. The number of aromatic nitrogens is 2. The maximum absolute atomic E-state index is 11.4. The van der Waals surface area contributed by atoms with E-state index in [2.05, 4.69) is 5.10 Å². The van der Waals surface area contributed by atoms with E-state index in [0.29, 0.717) is 12.8 Å². The SMILES string of the molecule is COC(=O)C1Cc2c(C)nn(C(C)=O)c2C1. The number of hydrogen-bond acceptors (Lipinski definition) is 4. The normalized spacial score (nSPS) is 18.3. The second-order valence-corrected chi connectivity index (χ2v) is 4.07. The van der Waals surface area contributed by atoms with Gasteiger partial charge in [-0.15, -0.1) is 0 Å². The molecule has 16 heavy (non-hydrogen) atoms. The molecule has 0 aliphatic heterocycles. The zero-order chi connectivity index (χ0) is 11.9. The van der Waals surface area contributed by atoms with Gasteiger partial charge in [-0.1, -0.05) is 0 Å². The molecule has 0 N–H and O–H groups in total. The summed E-state index contributed by atoms with van der Waals surface area (Å²) >= 11 is 0. The predicted molar refractivity (Wildman–Crippen MR) is 56.2 cm³/mol. The van der Waals surface area contributed by atoms with Crippen molar-refractivity contribution < 1.29 is 14.3 Å². The van der Waals surface area contributed by atoms with Crippen LogP contribution < -0.4 is 0 Å². The number of hydrogen-bond donors (Lipinski definition) is 0. The Hall–Kier alpha value is -1.65. The molecule has 1 atom stereocenters. The number of nitrogens with zero attached hydrogens (tertiary/aromatic N) is 2. The smallest absolute Gasteiger partial charge is 0.309 e. The predicted octanol–water partition coefficient (Wildman–Crippen LogP) is 0.739. The van der Waals surface area contributed by atoms with Crippen LogP contribution in [0.1, 0.15) is 28.7 Å². The molecule has 5 nitrogen and oxygen atoms in total. The molecule has 1 aromatic rings. The highest BCUT2D eigenvalue weighted by Crippen LogP contribution is 2.29. The molecule has 5 heteroatoms. The van der Waals surface area contributed by atoms with Crippen LogP contribution in [-0.2, 0) is 22.4 Å². The standard InChI is InChI=1S/C11H14N2O3/c1-6-9-4-8(11(15)16-3)5-10(9)13(12-6)7(2)14/h8H,4-5H2,1-3H3. The van der Waals surface area contributed by atoms with Gasteiger partial charge in [0, 0.05) is 13.3 Å². The molecule has 1 aliphatic rings. The van der Waals surface area contributed by atoms with Gasteiger partial charge in [-0.3, -0.25) is 9.59 Å². The van der Waals surface area contributed by atoms with Gasteiger partial charge in [0.05, 0.1) is 24.4 Å². The summed E-state index contributed by atoms with van der Waals surface area (Å²) in [5.41, 5.74) is 2.71. The number of rotatable bonds is 1. The molecule has 2 rings (SSSR count). The highest BCUT2D eigenvalue weighted by Gasteiger charge is 2.33. The third kappa shape index (κ3) is 1.52. The summed E-state index contributed by atoms with van der Waals surface area (Å²) in [7, 11) is 1.38. The first-order chi connectivity index (χ1) is 7.54. The lowest BCUT2D eigenvalue weighted by atomic mass is 10.1. The Bertz CT molecular complexity index is 462. The van der Waals surface area contributed by atoms with Gasteiger partial charge in [0.15, 0.2) is 0 Å². The molecular weight excluding hydrogens is 208 g/mol. The van der Waals surface area contributed by atoms with Crippen LogP contribution in [-0.4, -0.2) is 28.8 Å². The minimum atomic E-state index is -0.217. The topological polar surface area (TPSA) is 61.2 Å². The average molecular weight is 222 g/mol. The molecule has 0 spiro atoms. The number of ether oxygens (including phenoxy) is 1. The van der Waals surface area contributed by atoms with E-state index in [1.165, 1.54) is 18.7 Å². The Morgan fingerprint density at radius 2 is 2.12 bits per heavy atom. The maximum atomic E-state index is 11.4. The van der Waals surface area contributed by atoms with Crippen molar-refractivity contribution in [2.45, 2.75) is 26.7 Å². The molecule has 0 saturated carbocycles. The van der Waals surface area contributed by atoms with Gasteiger partial charge in [0.1, 0.15) is 0 Å². The minimum absolute atomic E-state index is 0.116. The molecule has 0 saturated heterocycles. The summed E-state index contributed by atoms with van der Waals surface area (Å²) in [6.07, 6.45) is 1.17. The van der Waals surface area contributed by atoms with Gasteiger partial charge in [-0.25, -0.2) is 4.68 Å². The monoisotopic (exact) mass is 222 g/mol. The quantitative estimate of drug-likeness (QED) is 0.657. The molecule has 0 fully saturated rings. The van der Waals surface area contributed by atoms with Gasteiger partial charge >= 0.3 is 5.97 Å². The summed E-state index contributed by atoms with van der Waals surface area (Å²) in [6, 6.07) is 0. The van der Waals surface area contributed by atoms with E-state index in [1.54, 1.807) is 0 Å². The molecule has 1 aromatic heterocycles. The fraction of sp³-hybridized carbons (Fsp3) is 0.545. The lowest BCUT2D eigenvalue weighted by molar-refractivity contribution is -0.145. The van der Waals surface area contributed by atoms with Gasteiger partial charge in [-0.05, 0) is 18.9 Å². The number of esters is 1. The highest BCUT2D eigenvalue weighted by molar-refractivity contribution is 5.78. The number of carbonyl (C=O) groups is 2. The first-order valence-electron chi connectivity index (χ1n) is 5.20. The highest BCUT2D eigenvalue weighted by atomic mass is 16.5. The van der Waals surface area contributed by atoms with E-state index in [1.807, 2.05) is 6.92 Å². The van der Waals surface area contributed by atoms with Crippen molar-refractivity contribution in [3.05, 3.63) is 17.0 Å². The second-order valence-electron chi connectivity index (χ2n) is 4.07. The van der Waals surface area contributed by atoms with Crippen molar-refractivity contribution in [2.24, 2.45) is 5.92 Å². The minimum Gasteiger partial charge on any atom is -0.469 e. The van der Waals surface area contributed by atoms with Gasteiger partial charge in [0.2, 0.25) is 5.91 Å². The van der Waals surface area contributed by atoms with Crippen molar-refractivity contribution in [1.82, 2.24) is 9.78 Å². The fourth-order valence-corrected chi connectivity index (χ4v) is 2.23. The summed E-state index contributed by atoms with van der Waals surface area (Å²) in [5.74, 6) is -0.497. The first kappa shape index (κ1) is 10.9. The van der Waals surface area contributed by atoms with Crippen LogP contribution in [0.5, 0.6) is 0 Å². The van der Waals surface area contributed by atoms with Crippen LogP contribution >= 0.6 is 0 Å². The lowest BCUT2D eigenvalue weighted by Crippen LogP contribution is -2.19. The van der Waals surface area contributed by atoms with E-state index in [9.17, 15) is 9.59 Å². The number of aryl methyl sites for hydroxylation is 1. The van der Waals surface area contributed by atoms with Crippen molar-refractivity contribution in [2.75, 3.05) is 7.11 Å². The summed E-state index contributed by atoms with van der Waals surface area (Å²) in [4.78, 5) is 22.8. The first-order valence-corrected chi connectivity index (χ1v) is 5.20. The number of carbonyl (C=O) groups excluding carboxylic acids is 2. The molecule has 0 radical (unpaired) electrons. The molecule has 1 heterocycles. The lowest BCUT2D eigenvalue weighted by Gasteiger charge is -2.06. The Morgan fingerprint density at radius 3 is 2.69 bits per heavy atom. The molecule has 0 aromatic carbocycles. The van der Waals surface area contributed by atoms with Crippen LogP contribution in [0.4, 0.5) is 0 Å². The van der Waals surface area contributed by atoms with Crippen LogP contribution in [0.2, 0.25) is 0 Å². The van der Waals surface area contributed by atoms with Gasteiger partial charge < -0.3 is 4.74 Å². The zero-order valence-corrected chi connectivity index (χ0v) is 9.61. The summed E-state index contributed by atoms with van der Waals surface area (Å²) in [5, 5.41) is 4.17. The Balaban J connectivity index is 2.34. The van der Waals surface area contributed by atoms with Crippen molar-refractivity contribution in [3.63, 3.8) is 0 Å².